The first-order valence-electron chi connectivity index (χ1n) is 10.5. The van der Waals surface area contributed by atoms with Gasteiger partial charge in [-0.3, -0.25) is 4.79 Å². The van der Waals surface area contributed by atoms with E-state index >= 15 is 0 Å². The van der Waals surface area contributed by atoms with Crippen molar-refractivity contribution in [3.8, 4) is 11.4 Å². The van der Waals surface area contributed by atoms with Gasteiger partial charge in [-0.15, -0.1) is 0 Å². The lowest BCUT2D eigenvalue weighted by molar-refractivity contribution is -0.150. The van der Waals surface area contributed by atoms with Crippen LogP contribution in [0.4, 0.5) is 13.2 Å². The van der Waals surface area contributed by atoms with Crippen molar-refractivity contribution in [2.75, 3.05) is 0 Å². The summed E-state index contributed by atoms with van der Waals surface area (Å²) in [6.45, 7) is 2.24. The van der Waals surface area contributed by atoms with Crippen molar-refractivity contribution in [1.82, 2.24) is 15.1 Å². The minimum Gasteiger partial charge on any atom is -0.464 e. The summed E-state index contributed by atoms with van der Waals surface area (Å²) in [6.07, 6.45) is 1.77. The summed E-state index contributed by atoms with van der Waals surface area (Å²) in [5.74, 6) is -5.08. The number of aromatic nitrogens is 2. The molecule has 0 fully saturated rings. The van der Waals surface area contributed by atoms with Crippen LogP contribution in [0.15, 0.2) is 72.9 Å². The number of halogens is 4. The number of alkyl halides is 2. The molecule has 34 heavy (non-hydrogen) atoms. The van der Waals surface area contributed by atoms with Gasteiger partial charge in [0.05, 0.1) is 17.4 Å². The Morgan fingerprint density at radius 2 is 1.76 bits per heavy atom. The van der Waals surface area contributed by atoms with E-state index in [0.717, 1.165) is 5.52 Å². The van der Waals surface area contributed by atoms with Gasteiger partial charge < -0.3 is 10.1 Å². The maximum absolute atomic E-state index is 13.8. The lowest BCUT2D eigenvalue weighted by Gasteiger charge is -2.35. The Hall–Kier alpha value is -3.52. The maximum atomic E-state index is 13.8. The van der Waals surface area contributed by atoms with Gasteiger partial charge in [-0.2, -0.15) is 13.9 Å². The normalized spacial score (nSPS) is 13.5. The first-order chi connectivity index (χ1) is 16.1. The zero-order valence-electron chi connectivity index (χ0n) is 18.4. The van der Waals surface area contributed by atoms with Gasteiger partial charge in [0.25, 0.3) is 5.91 Å². The third-order valence-electron chi connectivity index (χ3n) is 5.43. The van der Waals surface area contributed by atoms with E-state index in [4.69, 9.17) is 16.3 Å². The fourth-order valence-corrected chi connectivity index (χ4v) is 3.72. The van der Waals surface area contributed by atoms with Crippen LogP contribution >= 0.6 is 11.6 Å². The Bertz CT molecular complexity index is 1320. The molecule has 0 saturated carbocycles. The summed E-state index contributed by atoms with van der Waals surface area (Å²) in [5.41, 5.74) is 0.296. The standard InChI is InChI=1S/C25H21ClF3N3O2/c1-3-25(31-23(33)24(2,28)29,17-4-6-18(26)7-5-17)34-21-12-13-22-16(14-21)15-30-32(22)20-10-8-19(27)9-11-20/h4-15H,3H2,1-2H3,(H,31,33). The van der Waals surface area contributed by atoms with Crippen LogP contribution in [-0.4, -0.2) is 21.6 Å². The molecule has 0 bridgehead atoms. The molecule has 1 unspecified atom stereocenters. The molecular formula is C25H21ClF3N3O2. The van der Waals surface area contributed by atoms with Crippen LogP contribution in [0.5, 0.6) is 5.75 Å². The van der Waals surface area contributed by atoms with E-state index in [-0.39, 0.29) is 12.2 Å². The summed E-state index contributed by atoms with van der Waals surface area (Å²) in [7, 11) is 0. The molecule has 9 heteroatoms. The lowest BCUT2D eigenvalue weighted by Crippen LogP contribution is -2.54. The zero-order valence-corrected chi connectivity index (χ0v) is 19.1. The summed E-state index contributed by atoms with van der Waals surface area (Å²) >= 11 is 5.99. The summed E-state index contributed by atoms with van der Waals surface area (Å²) in [4.78, 5) is 12.3. The number of benzene rings is 3. The fraction of sp³-hybridized carbons (Fsp3) is 0.200. The summed E-state index contributed by atoms with van der Waals surface area (Å²) in [5, 5.41) is 7.89. The van der Waals surface area contributed by atoms with Crippen molar-refractivity contribution < 1.29 is 22.7 Å². The Kier molecular flexibility index (Phi) is 6.27. The number of fused-ring (bicyclic) bond motifs is 1. The Labute approximate surface area is 199 Å². The number of hydrogen-bond acceptors (Lipinski definition) is 3. The number of ether oxygens (including phenoxy) is 1. The van der Waals surface area contributed by atoms with Crippen LogP contribution in [0.25, 0.3) is 16.6 Å². The van der Waals surface area contributed by atoms with E-state index in [0.29, 0.717) is 34.3 Å². The smallest absolute Gasteiger partial charge is 0.322 e. The van der Waals surface area contributed by atoms with Crippen molar-refractivity contribution in [1.29, 1.82) is 0 Å². The minimum atomic E-state index is -3.60. The summed E-state index contributed by atoms with van der Waals surface area (Å²) in [6, 6.07) is 17.4. The van der Waals surface area contributed by atoms with E-state index in [1.165, 1.54) is 12.1 Å². The van der Waals surface area contributed by atoms with E-state index in [9.17, 15) is 18.0 Å². The van der Waals surface area contributed by atoms with Gasteiger partial charge in [-0.1, -0.05) is 30.7 Å². The van der Waals surface area contributed by atoms with E-state index < -0.39 is 17.6 Å². The highest BCUT2D eigenvalue weighted by atomic mass is 35.5. The highest BCUT2D eigenvalue weighted by Gasteiger charge is 2.42. The number of carbonyl (C=O) groups is 1. The maximum Gasteiger partial charge on any atom is 0.322 e. The Morgan fingerprint density at radius 3 is 2.38 bits per heavy atom. The van der Waals surface area contributed by atoms with Gasteiger partial charge >= 0.3 is 5.92 Å². The SMILES string of the molecule is CCC(NC(=O)C(C)(F)F)(Oc1ccc2c(cnn2-c2ccc(F)cc2)c1)c1ccc(Cl)cc1. The van der Waals surface area contributed by atoms with Crippen molar-refractivity contribution >= 4 is 28.4 Å². The topological polar surface area (TPSA) is 56.1 Å². The molecule has 4 rings (SSSR count). The van der Waals surface area contributed by atoms with E-state index in [1.54, 1.807) is 72.4 Å². The second-order valence-electron chi connectivity index (χ2n) is 7.89. The number of nitrogens with one attached hydrogen (secondary N) is 1. The first kappa shape index (κ1) is 23.6. The van der Waals surface area contributed by atoms with E-state index in [1.807, 2.05) is 0 Å². The molecule has 0 saturated heterocycles. The third kappa shape index (κ3) is 4.72. The van der Waals surface area contributed by atoms with Gasteiger partial charge in [0.2, 0.25) is 5.72 Å². The highest BCUT2D eigenvalue weighted by Crippen LogP contribution is 2.33. The molecule has 0 spiro atoms. The molecule has 1 amide bonds. The van der Waals surface area contributed by atoms with Crippen molar-refractivity contribution in [2.45, 2.75) is 31.9 Å². The average Bonchev–Trinajstić information content (AvgIpc) is 3.22. The van der Waals surface area contributed by atoms with Crippen LogP contribution in [0.2, 0.25) is 5.02 Å². The molecule has 1 N–H and O–H groups in total. The van der Waals surface area contributed by atoms with Crippen LogP contribution < -0.4 is 10.1 Å². The predicted octanol–water partition coefficient (Wildman–Crippen LogP) is 6.23. The molecule has 1 heterocycles. The van der Waals surface area contributed by atoms with Crippen LogP contribution in [0, 0.1) is 5.82 Å². The third-order valence-corrected chi connectivity index (χ3v) is 5.68. The van der Waals surface area contributed by atoms with Crippen molar-refractivity contribution in [2.24, 2.45) is 0 Å². The number of amides is 1. The molecule has 0 aliphatic carbocycles. The van der Waals surface area contributed by atoms with Gasteiger partial charge in [-0.05, 0) is 54.6 Å². The van der Waals surface area contributed by atoms with Crippen LogP contribution in [0.1, 0.15) is 25.8 Å². The second-order valence-corrected chi connectivity index (χ2v) is 8.32. The number of carbonyl (C=O) groups excluding carboxylic acids is 1. The molecule has 0 aliphatic heterocycles. The zero-order chi connectivity index (χ0) is 24.5. The average molecular weight is 488 g/mol. The van der Waals surface area contributed by atoms with Crippen molar-refractivity contribution in [3.05, 3.63) is 89.3 Å². The number of hydrogen-bond donors (Lipinski definition) is 1. The van der Waals surface area contributed by atoms with Crippen LogP contribution in [-0.2, 0) is 10.5 Å². The molecule has 0 radical (unpaired) electrons. The quantitative estimate of drug-likeness (QED) is 0.314. The largest absolute Gasteiger partial charge is 0.464 e. The molecule has 3 aromatic carbocycles. The summed E-state index contributed by atoms with van der Waals surface area (Å²) < 4.78 is 48.7. The molecule has 0 aliphatic rings. The number of rotatable bonds is 7. The molecule has 5 nitrogen and oxygen atoms in total. The predicted molar refractivity (Wildman–Crippen MR) is 124 cm³/mol. The van der Waals surface area contributed by atoms with Crippen LogP contribution in [0.3, 0.4) is 0 Å². The van der Waals surface area contributed by atoms with Gasteiger partial charge in [-0.25, -0.2) is 9.07 Å². The molecule has 4 aromatic rings. The Morgan fingerprint density at radius 1 is 1.09 bits per heavy atom. The minimum absolute atomic E-state index is 0.156. The highest BCUT2D eigenvalue weighted by molar-refractivity contribution is 6.30. The first-order valence-corrected chi connectivity index (χ1v) is 10.9. The number of nitrogens with zero attached hydrogens (tertiary/aromatic N) is 2. The lowest BCUT2D eigenvalue weighted by atomic mass is 9.99. The molecule has 1 aromatic heterocycles. The van der Waals surface area contributed by atoms with E-state index in [2.05, 4.69) is 10.4 Å². The Balaban J connectivity index is 1.73. The van der Waals surface area contributed by atoms with Crippen molar-refractivity contribution in [3.63, 3.8) is 0 Å². The molecular weight excluding hydrogens is 467 g/mol. The van der Waals surface area contributed by atoms with Gasteiger partial charge in [0.1, 0.15) is 11.6 Å². The fourth-order valence-electron chi connectivity index (χ4n) is 3.60. The van der Waals surface area contributed by atoms with Gasteiger partial charge in [0, 0.05) is 29.3 Å². The molecule has 176 valence electrons. The second kappa shape index (κ2) is 9.02. The molecule has 1 atom stereocenters. The monoisotopic (exact) mass is 487 g/mol. The van der Waals surface area contributed by atoms with Gasteiger partial charge in [0.15, 0.2) is 0 Å².